The molecular weight excluding hydrogens is 362 g/mol. The minimum Gasteiger partial charge on any atom is -0.354 e. The minimum atomic E-state index is 0.0661. The Balaban J connectivity index is 1.87. The van der Waals surface area contributed by atoms with Gasteiger partial charge >= 0.3 is 0 Å². The molecule has 24 heavy (non-hydrogen) atoms. The number of fused-ring (bicyclic) bond motifs is 1. The van der Waals surface area contributed by atoms with Gasteiger partial charge in [0.25, 0.3) is 0 Å². The van der Waals surface area contributed by atoms with E-state index in [1.165, 1.54) is 0 Å². The summed E-state index contributed by atoms with van der Waals surface area (Å²) < 4.78 is 1.02. The number of hydrogen-bond acceptors (Lipinski definition) is 2. The lowest BCUT2D eigenvalue weighted by atomic mass is 10.0. The van der Waals surface area contributed by atoms with Crippen molar-refractivity contribution in [2.75, 3.05) is 5.32 Å². The van der Waals surface area contributed by atoms with E-state index < -0.39 is 0 Å². The summed E-state index contributed by atoms with van der Waals surface area (Å²) >= 11 is 3.45. The normalized spacial score (nSPS) is 13.1. The highest BCUT2D eigenvalue weighted by atomic mass is 79.9. The van der Waals surface area contributed by atoms with Gasteiger partial charge in [-0.25, -0.2) is 0 Å². The van der Waals surface area contributed by atoms with E-state index in [-0.39, 0.29) is 5.78 Å². The maximum atomic E-state index is 12.9. The highest BCUT2D eigenvalue weighted by Gasteiger charge is 2.30. The Kier molecular flexibility index (Phi) is 3.79. The van der Waals surface area contributed by atoms with Crippen molar-refractivity contribution >= 4 is 38.7 Å². The van der Waals surface area contributed by atoms with Crippen LogP contribution in [0.2, 0.25) is 0 Å². The van der Waals surface area contributed by atoms with Crippen LogP contribution in [0.4, 0.5) is 5.69 Å². The van der Waals surface area contributed by atoms with Crippen molar-refractivity contribution in [2.24, 2.45) is 0 Å². The molecule has 0 unspecified atom stereocenters. The number of carbonyl (C=O) groups excluding carboxylic acids is 1. The molecule has 0 fully saturated rings. The van der Waals surface area contributed by atoms with E-state index in [1.54, 1.807) is 0 Å². The minimum absolute atomic E-state index is 0.0661. The van der Waals surface area contributed by atoms with Gasteiger partial charge in [0.05, 0.1) is 11.3 Å². The summed E-state index contributed by atoms with van der Waals surface area (Å²) in [5, 5.41) is 3.44. The number of allylic oxidation sites excluding steroid dienone is 1. The van der Waals surface area contributed by atoms with Gasteiger partial charge in [-0.1, -0.05) is 70.5 Å². The maximum absolute atomic E-state index is 12.9. The largest absolute Gasteiger partial charge is 0.354 e. The molecule has 0 bridgehead atoms. The number of rotatable bonds is 3. The number of carbonyl (C=O) groups is 1. The molecular formula is C21H14BrNO. The van der Waals surface area contributed by atoms with Crippen molar-refractivity contribution in [3.05, 3.63) is 100 Å². The van der Waals surface area contributed by atoms with Crippen molar-refractivity contribution in [3.63, 3.8) is 0 Å². The number of hydrogen-bond donors (Lipinski definition) is 1. The molecule has 2 nitrogen and oxygen atoms in total. The van der Waals surface area contributed by atoms with Crippen LogP contribution in [0.5, 0.6) is 0 Å². The third-order valence-corrected chi connectivity index (χ3v) is 4.62. The van der Waals surface area contributed by atoms with Crippen molar-refractivity contribution in [1.82, 2.24) is 0 Å². The van der Waals surface area contributed by atoms with E-state index in [9.17, 15) is 4.79 Å². The lowest BCUT2D eigenvalue weighted by molar-refractivity contribution is 0.105. The SMILES string of the molecule is O=C1C(c2ccccc2)=C(Nc2ccc(Br)cc2)c2ccccc21. The lowest BCUT2D eigenvalue weighted by Crippen LogP contribution is -2.01. The number of Topliss-reactive ketones (excluding diaryl/α,β-unsaturated/α-hetero) is 1. The fourth-order valence-electron chi connectivity index (χ4n) is 2.97. The highest BCUT2D eigenvalue weighted by molar-refractivity contribution is 9.10. The van der Waals surface area contributed by atoms with E-state index in [2.05, 4.69) is 21.2 Å². The molecule has 0 aromatic heterocycles. The summed E-state index contributed by atoms with van der Waals surface area (Å²) in [7, 11) is 0. The van der Waals surface area contributed by atoms with E-state index in [0.717, 1.165) is 38.1 Å². The summed E-state index contributed by atoms with van der Waals surface area (Å²) in [6.45, 7) is 0. The van der Waals surface area contributed by atoms with Crippen LogP contribution in [0.3, 0.4) is 0 Å². The van der Waals surface area contributed by atoms with Crippen LogP contribution in [0.15, 0.2) is 83.3 Å². The molecule has 0 saturated heterocycles. The van der Waals surface area contributed by atoms with Crippen LogP contribution in [0.1, 0.15) is 21.5 Å². The van der Waals surface area contributed by atoms with Crippen molar-refractivity contribution in [2.45, 2.75) is 0 Å². The highest BCUT2D eigenvalue weighted by Crippen LogP contribution is 2.38. The van der Waals surface area contributed by atoms with Gasteiger partial charge in [-0.3, -0.25) is 4.79 Å². The number of anilines is 1. The van der Waals surface area contributed by atoms with E-state index in [4.69, 9.17) is 0 Å². The van der Waals surface area contributed by atoms with Crippen LogP contribution in [-0.2, 0) is 0 Å². The Morgan fingerprint density at radius 3 is 2.04 bits per heavy atom. The van der Waals surface area contributed by atoms with Crippen molar-refractivity contribution in [1.29, 1.82) is 0 Å². The molecule has 0 heterocycles. The maximum Gasteiger partial charge on any atom is 0.196 e. The van der Waals surface area contributed by atoms with Crippen molar-refractivity contribution in [3.8, 4) is 0 Å². The first-order valence-electron chi connectivity index (χ1n) is 7.70. The molecule has 3 aromatic rings. The average Bonchev–Trinajstić information content (AvgIpc) is 2.90. The molecule has 1 N–H and O–H groups in total. The zero-order valence-corrected chi connectivity index (χ0v) is 14.4. The molecule has 0 atom stereocenters. The van der Waals surface area contributed by atoms with E-state index >= 15 is 0 Å². The summed E-state index contributed by atoms with van der Waals surface area (Å²) in [4.78, 5) is 12.9. The fraction of sp³-hybridized carbons (Fsp3) is 0. The smallest absolute Gasteiger partial charge is 0.196 e. The summed E-state index contributed by atoms with van der Waals surface area (Å²) in [5.41, 5.74) is 5.16. The second-order valence-electron chi connectivity index (χ2n) is 5.62. The molecule has 3 heteroatoms. The van der Waals surface area contributed by atoms with Gasteiger partial charge in [0.2, 0.25) is 0 Å². The van der Waals surface area contributed by atoms with Gasteiger partial charge in [0.1, 0.15) is 0 Å². The van der Waals surface area contributed by atoms with Gasteiger partial charge in [-0.2, -0.15) is 0 Å². The quantitative estimate of drug-likeness (QED) is 0.642. The van der Waals surface area contributed by atoms with Gasteiger partial charge in [-0.15, -0.1) is 0 Å². The molecule has 0 amide bonds. The molecule has 3 aromatic carbocycles. The Morgan fingerprint density at radius 2 is 1.33 bits per heavy atom. The third-order valence-electron chi connectivity index (χ3n) is 4.09. The van der Waals surface area contributed by atoms with Gasteiger partial charge in [0.15, 0.2) is 5.78 Å². The monoisotopic (exact) mass is 375 g/mol. The standard InChI is InChI=1S/C21H14BrNO/c22-15-10-12-16(13-11-15)23-20-17-8-4-5-9-18(17)21(24)19(20)14-6-2-1-3-7-14/h1-13,23H. The first kappa shape index (κ1) is 14.9. The number of halogens is 1. The Morgan fingerprint density at radius 1 is 0.708 bits per heavy atom. The molecule has 0 aliphatic heterocycles. The van der Waals surface area contributed by atoms with E-state index in [0.29, 0.717) is 0 Å². The molecule has 0 spiro atoms. The first-order valence-corrected chi connectivity index (χ1v) is 8.50. The average molecular weight is 376 g/mol. The molecule has 1 aliphatic rings. The van der Waals surface area contributed by atoms with Crippen LogP contribution < -0.4 is 5.32 Å². The predicted molar refractivity (Wildman–Crippen MR) is 102 cm³/mol. The third kappa shape index (κ3) is 2.57. The molecule has 116 valence electrons. The zero-order valence-electron chi connectivity index (χ0n) is 12.8. The van der Waals surface area contributed by atoms with Gasteiger partial charge in [0, 0.05) is 21.3 Å². The fourth-order valence-corrected chi connectivity index (χ4v) is 3.23. The first-order chi connectivity index (χ1) is 11.7. The van der Waals surface area contributed by atoms with Gasteiger partial charge in [-0.05, 0) is 29.8 Å². The number of benzene rings is 3. The topological polar surface area (TPSA) is 29.1 Å². The number of nitrogens with one attached hydrogen (secondary N) is 1. The van der Waals surface area contributed by atoms with Crippen LogP contribution in [0, 0.1) is 0 Å². The predicted octanol–water partition coefficient (Wildman–Crippen LogP) is 5.63. The van der Waals surface area contributed by atoms with Crippen LogP contribution in [0.25, 0.3) is 11.3 Å². The molecule has 0 saturated carbocycles. The second kappa shape index (κ2) is 6.10. The Bertz CT molecular complexity index is 943. The van der Waals surface area contributed by atoms with Crippen molar-refractivity contribution < 1.29 is 4.79 Å². The molecule has 4 rings (SSSR count). The Hall–Kier alpha value is -2.65. The van der Waals surface area contributed by atoms with Crippen LogP contribution in [-0.4, -0.2) is 5.78 Å². The summed E-state index contributed by atoms with van der Waals surface area (Å²) in [6.07, 6.45) is 0. The van der Waals surface area contributed by atoms with Crippen LogP contribution >= 0.6 is 15.9 Å². The summed E-state index contributed by atoms with van der Waals surface area (Å²) in [6, 6.07) is 25.5. The van der Waals surface area contributed by atoms with Gasteiger partial charge < -0.3 is 5.32 Å². The molecule has 0 radical (unpaired) electrons. The zero-order chi connectivity index (χ0) is 16.5. The number of ketones is 1. The Labute approximate surface area is 149 Å². The lowest BCUT2D eigenvalue weighted by Gasteiger charge is -2.11. The second-order valence-corrected chi connectivity index (χ2v) is 6.54. The molecule has 1 aliphatic carbocycles. The van der Waals surface area contributed by atoms with E-state index in [1.807, 2.05) is 78.9 Å². The summed E-state index contributed by atoms with van der Waals surface area (Å²) in [5.74, 6) is 0.0661.